The maximum absolute atomic E-state index is 12.2. The van der Waals surface area contributed by atoms with Crippen molar-refractivity contribution in [3.05, 3.63) is 28.8 Å². The van der Waals surface area contributed by atoms with Gasteiger partial charge in [-0.15, -0.1) is 0 Å². The summed E-state index contributed by atoms with van der Waals surface area (Å²) >= 11 is 5.43. The van der Waals surface area contributed by atoms with Gasteiger partial charge in [0.25, 0.3) is 0 Å². The number of pyridine rings is 1. The molecule has 0 atom stereocenters. The average Bonchev–Trinajstić information content (AvgIpc) is 1.88. The summed E-state index contributed by atoms with van der Waals surface area (Å²) < 4.78 is 12.2. The van der Waals surface area contributed by atoms with Gasteiger partial charge in [-0.2, -0.15) is 9.65 Å². The van der Waals surface area contributed by atoms with E-state index >= 15 is 0 Å². The van der Waals surface area contributed by atoms with Gasteiger partial charge in [0.15, 0.2) is 0 Å². The van der Waals surface area contributed by atoms with Crippen molar-refractivity contribution in [2.75, 3.05) is 0 Å². The normalized spacial score (nSPS) is 8.90. The third-order valence-electron chi connectivity index (χ3n) is 0.941. The molecule has 50 valence electrons. The first-order chi connectivity index (χ1) is 4.74. The highest BCUT2D eigenvalue weighted by Crippen LogP contribution is 2.13. The van der Waals surface area contributed by atoms with E-state index in [0.29, 0.717) is 0 Å². The molecule has 1 rings (SSSR count). The second kappa shape index (κ2) is 2.63. The van der Waals surface area contributed by atoms with Crippen LogP contribution >= 0.6 is 11.6 Å². The molecule has 4 heteroatoms. The Hall–Kier alpha value is -1.14. The molecule has 2 nitrogen and oxygen atoms in total. The van der Waals surface area contributed by atoms with Gasteiger partial charge in [0.2, 0.25) is 5.95 Å². The summed E-state index contributed by atoms with van der Waals surface area (Å²) in [6, 6.07) is 2.76. The molecule has 0 saturated heterocycles. The summed E-state index contributed by atoms with van der Waals surface area (Å²) in [5.41, 5.74) is 0.183. The minimum Gasteiger partial charge on any atom is -0.227 e. The third kappa shape index (κ3) is 1.23. The second-order valence-corrected chi connectivity index (χ2v) is 2.01. The molecule has 0 aliphatic carbocycles. The molecule has 0 aromatic carbocycles. The van der Waals surface area contributed by atoms with Crippen LogP contribution in [0.5, 0.6) is 0 Å². The number of aromatic nitrogens is 1. The summed E-state index contributed by atoms with van der Waals surface area (Å²) in [6.45, 7) is 0. The zero-order chi connectivity index (χ0) is 7.56. The number of nitriles is 1. The Balaban J connectivity index is 3.23. The van der Waals surface area contributed by atoms with E-state index < -0.39 is 5.95 Å². The number of nitrogens with zero attached hydrogens (tertiary/aromatic N) is 2. The SMILES string of the molecule is N#Cc1cnc(F)cc1Cl. The highest BCUT2D eigenvalue weighted by Gasteiger charge is 1.99. The zero-order valence-electron chi connectivity index (χ0n) is 4.81. The quantitative estimate of drug-likeness (QED) is 0.537. The monoisotopic (exact) mass is 156 g/mol. The van der Waals surface area contributed by atoms with Crippen LogP contribution in [-0.2, 0) is 0 Å². The van der Waals surface area contributed by atoms with Gasteiger partial charge in [-0.1, -0.05) is 11.6 Å². The Labute approximate surface area is 61.9 Å². The fraction of sp³-hybridized carbons (Fsp3) is 0. The summed E-state index contributed by atoms with van der Waals surface area (Å²) in [4.78, 5) is 3.24. The molecule has 0 aliphatic rings. The summed E-state index contributed by atoms with van der Waals surface area (Å²) in [6.07, 6.45) is 1.09. The van der Waals surface area contributed by atoms with Crippen LogP contribution in [0.3, 0.4) is 0 Å². The Kier molecular flexibility index (Phi) is 1.83. The molecular formula is C6H2ClFN2. The van der Waals surface area contributed by atoms with Gasteiger partial charge in [0.1, 0.15) is 6.07 Å². The highest BCUT2D eigenvalue weighted by atomic mass is 35.5. The smallest absolute Gasteiger partial charge is 0.214 e. The van der Waals surface area contributed by atoms with Crippen molar-refractivity contribution < 1.29 is 4.39 Å². The summed E-state index contributed by atoms with van der Waals surface area (Å²) in [7, 11) is 0. The standard InChI is InChI=1S/C6H2ClFN2/c7-5-1-6(8)10-3-4(5)2-9/h1,3H. The van der Waals surface area contributed by atoms with Crippen LogP contribution in [0.1, 0.15) is 5.56 Å². The van der Waals surface area contributed by atoms with Crippen molar-refractivity contribution in [2.45, 2.75) is 0 Å². The molecule has 0 bridgehead atoms. The molecule has 0 saturated carbocycles. The fourth-order valence-corrected chi connectivity index (χ4v) is 0.671. The van der Waals surface area contributed by atoms with Crippen molar-refractivity contribution in [2.24, 2.45) is 0 Å². The van der Waals surface area contributed by atoms with Crippen LogP contribution in [0, 0.1) is 17.3 Å². The molecular weight excluding hydrogens is 155 g/mol. The van der Waals surface area contributed by atoms with E-state index in [9.17, 15) is 4.39 Å². The number of rotatable bonds is 0. The largest absolute Gasteiger partial charge is 0.227 e. The Bertz CT molecular complexity index is 292. The predicted molar refractivity (Wildman–Crippen MR) is 33.9 cm³/mol. The minimum absolute atomic E-state index is 0.0926. The van der Waals surface area contributed by atoms with E-state index in [4.69, 9.17) is 16.9 Å². The van der Waals surface area contributed by atoms with Crippen LogP contribution in [0.25, 0.3) is 0 Å². The van der Waals surface area contributed by atoms with Crippen LogP contribution in [-0.4, -0.2) is 4.98 Å². The van der Waals surface area contributed by atoms with Crippen LogP contribution in [0.2, 0.25) is 5.02 Å². The van der Waals surface area contributed by atoms with E-state index in [0.717, 1.165) is 12.3 Å². The van der Waals surface area contributed by atoms with Gasteiger partial charge in [-0.3, -0.25) is 0 Å². The van der Waals surface area contributed by atoms with Gasteiger partial charge in [0, 0.05) is 12.3 Å². The number of halogens is 2. The van der Waals surface area contributed by atoms with Crippen molar-refractivity contribution in [1.82, 2.24) is 4.98 Å². The Morgan fingerprint density at radius 3 is 2.90 bits per heavy atom. The molecule has 0 spiro atoms. The molecule has 0 fully saturated rings. The van der Waals surface area contributed by atoms with Crippen molar-refractivity contribution in [1.29, 1.82) is 5.26 Å². The van der Waals surface area contributed by atoms with Gasteiger partial charge in [-0.25, -0.2) is 4.98 Å². The lowest BCUT2D eigenvalue weighted by atomic mass is 10.3. The van der Waals surface area contributed by atoms with E-state index in [-0.39, 0.29) is 10.6 Å². The Morgan fingerprint density at radius 2 is 2.40 bits per heavy atom. The zero-order valence-corrected chi connectivity index (χ0v) is 5.56. The molecule has 0 amide bonds. The van der Waals surface area contributed by atoms with Gasteiger partial charge in [-0.05, 0) is 0 Å². The molecule has 0 radical (unpaired) electrons. The van der Waals surface area contributed by atoms with Crippen LogP contribution in [0.15, 0.2) is 12.3 Å². The van der Waals surface area contributed by atoms with Gasteiger partial charge >= 0.3 is 0 Å². The summed E-state index contributed by atoms with van der Waals surface area (Å²) in [5.74, 6) is -0.677. The second-order valence-electron chi connectivity index (χ2n) is 1.60. The first-order valence-corrected chi connectivity index (χ1v) is 2.83. The number of hydrogen-bond donors (Lipinski definition) is 0. The van der Waals surface area contributed by atoms with E-state index in [2.05, 4.69) is 4.98 Å². The fourth-order valence-electron chi connectivity index (χ4n) is 0.490. The topological polar surface area (TPSA) is 36.7 Å². The van der Waals surface area contributed by atoms with Crippen LogP contribution in [0.4, 0.5) is 4.39 Å². The lowest BCUT2D eigenvalue weighted by molar-refractivity contribution is 0.583. The lowest BCUT2D eigenvalue weighted by Gasteiger charge is -1.90. The summed E-state index contributed by atoms with van der Waals surface area (Å²) in [5, 5.41) is 8.41. The first-order valence-electron chi connectivity index (χ1n) is 2.45. The predicted octanol–water partition coefficient (Wildman–Crippen LogP) is 1.75. The maximum Gasteiger partial charge on any atom is 0.214 e. The number of hydrogen-bond acceptors (Lipinski definition) is 2. The van der Waals surface area contributed by atoms with Crippen molar-refractivity contribution >= 4 is 11.6 Å². The molecule has 1 aromatic heterocycles. The van der Waals surface area contributed by atoms with Crippen molar-refractivity contribution in [3.63, 3.8) is 0 Å². The molecule has 0 aliphatic heterocycles. The molecule has 1 aromatic rings. The van der Waals surface area contributed by atoms with E-state index in [1.165, 1.54) is 0 Å². The van der Waals surface area contributed by atoms with Crippen LogP contribution < -0.4 is 0 Å². The molecule has 10 heavy (non-hydrogen) atoms. The molecule has 1 heterocycles. The minimum atomic E-state index is -0.677. The van der Waals surface area contributed by atoms with E-state index in [1.807, 2.05) is 0 Å². The molecule has 0 N–H and O–H groups in total. The average molecular weight is 157 g/mol. The van der Waals surface area contributed by atoms with Gasteiger partial charge in [0.05, 0.1) is 10.6 Å². The van der Waals surface area contributed by atoms with Crippen molar-refractivity contribution in [3.8, 4) is 6.07 Å². The van der Waals surface area contributed by atoms with E-state index in [1.54, 1.807) is 6.07 Å². The molecule has 0 unspecified atom stereocenters. The highest BCUT2D eigenvalue weighted by molar-refractivity contribution is 6.31. The van der Waals surface area contributed by atoms with Gasteiger partial charge < -0.3 is 0 Å². The third-order valence-corrected chi connectivity index (χ3v) is 1.25. The Morgan fingerprint density at radius 1 is 1.70 bits per heavy atom. The first kappa shape index (κ1) is 6.97. The lowest BCUT2D eigenvalue weighted by Crippen LogP contribution is -1.84. The maximum atomic E-state index is 12.2.